The summed E-state index contributed by atoms with van der Waals surface area (Å²) in [6, 6.07) is 11.3. The van der Waals surface area contributed by atoms with Crippen LogP contribution in [0.3, 0.4) is 0 Å². The zero-order valence-electron chi connectivity index (χ0n) is 11.3. The van der Waals surface area contributed by atoms with Gasteiger partial charge in [-0.2, -0.15) is 0 Å². The zero-order chi connectivity index (χ0) is 14.7. The summed E-state index contributed by atoms with van der Waals surface area (Å²) in [7, 11) is 1.82. The first-order valence-corrected chi connectivity index (χ1v) is 7.44. The van der Waals surface area contributed by atoms with E-state index >= 15 is 0 Å². The predicted molar refractivity (Wildman–Crippen MR) is 83.3 cm³/mol. The van der Waals surface area contributed by atoms with Gasteiger partial charge < -0.3 is 5.11 Å². The summed E-state index contributed by atoms with van der Waals surface area (Å²) in [5.74, 6) is -0.806. The molecule has 0 spiro atoms. The number of halogens is 1. The standard InChI is InChI=1S/C15H16ClNO2S/c1-10(15(18)19)17(2)9-13-6-7-14(20-13)11-4-3-5-12(16)8-11/h3-8,10H,9H2,1-2H3,(H,18,19). The van der Waals surface area contributed by atoms with Crippen molar-refractivity contribution in [1.82, 2.24) is 4.90 Å². The summed E-state index contributed by atoms with van der Waals surface area (Å²) in [4.78, 5) is 15.0. The predicted octanol–water partition coefficient (Wildman–Crippen LogP) is 3.97. The molecule has 5 heteroatoms. The molecule has 0 bridgehead atoms. The topological polar surface area (TPSA) is 40.5 Å². The van der Waals surface area contributed by atoms with Gasteiger partial charge in [0.1, 0.15) is 6.04 Å². The molecule has 1 aromatic carbocycles. The molecule has 0 aliphatic rings. The van der Waals surface area contributed by atoms with Crippen molar-refractivity contribution in [2.24, 2.45) is 0 Å². The van der Waals surface area contributed by atoms with E-state index in [-0.39, 0.29) is 0 Å². The third kappa shape index (κ3) is 3.60. The minimum Gasteiger partial charge on any atom is -0.480 e. The van der Waals surface area contributed by atoms with Gasteiger partial charge in [-0.3, -0.25) is 9.69 Å². The Balaban J connectivity index is 2.11. The van der Waals surface area contributed by atoms with Gasteiger partial charge >= 0.3 is 5.97 Å². The molecule has 1 heterocycles. The van der Waals surface area contributed by atoms with Crippen LogP contribution in [0.5, 0.6) is 0 Å². The molecule has 0 aliphatic carbocycles. The second-order valence-electron chi connectivity index (χ2n) is 4.71. The van der Waals surface area contributed by atoms with Crippen LogP contribution in [-0.2, 0) is 11.3 Å². The van der Waals surface area contributed by atoms with E-state index in [4.69, 9.17) is 16.7 Å². The first kappa shape index (κ1) is 15.0. The van der Waals surface area contributed by atoms with E-state index in [2.05, 4.69) is 0 Å². The number of rotatable bonds is 5. The van der Waals surface area contributed by atoms with Crippen molar-refractivity contribution in [2.75, 3.05) is 7.05 Å². The third-order valence-corrected chi connectivity index (χ3v) is 4.55. The molecule has 0 amide bonds. The Hall–Kier alpha value is -1.36. The largest absolute Gasteiger partial charge is 0.480 e. The van der Waals surface area contributed by atoms with Crippen molar-refractivity contribution in [2.45, 2.75) is 19.5 Å². The second kappa shape index (κ2) is 6.39. The maximum atomic E-state index is 10.9. The van der Waals surface area contributed by atoms with Gasteiger partial charge in [-0.1, -0.05) is 23.7 Å². The van der Waals surface area contributed by atoms with E-state index < -0.39 is 12.0 Å². The molecule has 2 rings (SSSR count). The molecule has 1 aromatic heterocycles. The molecule has 2 aromatic rings. The van der Waals surface area contributed by atoms with Crippen molar-refractivity contribution in [3.05, 3.63) is 46.3 Å². The molecule has 0 radical (unpaired) electrons. The number of aliphatic carboxylic acids is 1. The number of benzene rings is 1. The van der Waals surface area contributed by atoms with Crippen molar-refractivity contribution in [3.8, 4) is 10.4 Å². The molecule has 0 saturated carbocycles. The van der Waals surface area contributed by atoms with Crippen LogP contribution in [0.25, 0.3) is 10.4 Å². The van der Waals surface area contributed by atoms with Gasteiger partial charge in [-0.05, 0) is 43.8 Å². The Labute approximate surface area is 127 Å². The molecule has 0 fully saturated rings. The number of carbonyl (C=O) groups is 1. The average molecular weight is 310 g/mol. The number of hydrogen-bond donors (Lipinski definition) is 1. The van der Waals surface area contributed by atoms with Crippen LogP contribution in [0.15, 0.2) is 36.4 Å². The molecular weight excluding hydrogens is 294 g/mol. The van der Waals surface area contributed by atoms with Crippen LogP contribution in [-0.4, -0.2) is 29.1 Å². The monoisotopic (exact) mass is 309 g/mol. The summed E-state index contributed by atoms with van der Waals surface area (Å²) in [5.41, 5.74) is 1.09. The average Bonchev–Trinajstić information content (AvgIpc) is 2.86. The molecule has 0 aliphatic heterocycles. The van der Waals surface area contributed by atoms with Crippen molar-refractivity contribution in [1.29, 1.82) is 0 Å². The Morgan fingerprint density at radius 1 is 1.40 bits per heavy atom. The maximum Gasteiger partial charge on any atom is 0.320 e. The molecular formula is C15H16ClNO2S. The quantitative estimate of drug-likeness (QED) is 0.908. The molecule has 1 N–H and O–H groups in total. The lowest BCUT2D eigenvalue weighted by Gasteiger charge is -2.19. The third-order valence-electron chi connectivity index (χ3n) is 3.19. The highest BCUT2D eigenvalue weighted by atomic mass is 35.5. The molecule has 20 heavy (non-hydrogen) atoms. The highest BCUT2D eigenvalue weighted by Gasteiger charge is 2.17. The number of likely N-dealkylation sites (N-methyl/N-ethyl adjacent to an activating group) is 1. The van der Waals surface area contributed by atoms with Gasteiger partial charge in [0, 0.05) is 21.3 Å². The van der Waals surface area contributed by atoms with Crippen molar-refractivity contribution < 1.29 is 9.90 Å². The lowest BCUT2D eigenvalue weighted by Crippen LogP contribution is -2.34. The smallest absolute Gasteiger partial charge is 0.320 e. The first-order valence-electron chi connectivity index (χ1n) is 6.25. The number of nitrogens with zero attached hydrogens (tertiary/aromatic N) is 1. The van der Waals surface area contributed by atoms with E-state index in [0.717, 1.165) is 15.3 Å². The molecule has 1 atom stereocenters. The Morgan fingerprint density at radius 3 is 2.80 bits per heavy atom. The van der Waals surface area contributed by atoms with E-state index in [1.807, 2.05) is 48.3 Å². The van der Waals surface area contributed by atoms with Gasteiger partial charge in [0.05, 0.1) is 0 Å². The van der Waals surface area contributed by atoms with Gasteiger partial charge in [-0.15, -0.1) is 11.3 Å². The fourth-order valence-corrected chi connectivity index (χ4v) is 3.09. The van der Waals surface area contributed by atoms with Crippen molar-refractivity contribution in [3.63, 3.8) is 0 Å². The summed E-state index contributed by atoms with van der Waals surface area (Å²) in [6.45, 7) is 2.31. The summed E-state index contributed by atoms with van der Waals surface area (Å²) >= 11 is 7.65. The summed E-state index contributed by atoms with van der Waals surface area (Å²) < 4.78 is 0. The van der Waals surface area contributed by atoms with E-state index in [1.165, 1.54) is 0 Å². The summed E-state index contributed by atoms with van der Waals surface area (Å²) in [5, 5.41) is 9.71. The second-order valence-corrected chi connectivity index (χ2v) is 6.31. The Kier molecular flexibility index (Phi) is 4.81. The minimum absolute atomic E-state index is 0.494. The van der Waals surface area contributed by atoms with Gasteiger partial charge in [-0.25, -0.2) is 0 Å². The van der Waals surface area contributed by atoms with E-state index in [9.17, 15) is 4.79 Å². The van der Waals surface area contributed by atoms with Crippen LogP contribution in [0.2, 0.25) is 5.02 Å². The van der Waals surface area contributed by atoms with Crippen LogP contribution in [0.1, 0.15) is 11.8 Å². The lowest BCUT2D eigenvalue weighted by molar-refractivity contribution is -0.142. The van der Waals surface area contributed by atoms with Gasteiger partial charge in [0.15, 0.2) is 0 Å². The zero-order valence-corrected chi connectivity index (χ0v) is 12.9. The van der Waals surface area contributed by atoms with E-state index in [0.29, 0.717) is 11.6 Å². The van der Waals surface area contributed by atoms with Crippen LogP contribution in [0, 0.1) is 0 Å². The number of carboxylic acids is 1. The number of thiophene rings is 1. The normalized spacial score (nSPS) is 12.6. The fourth-order valence-electron chi connectivity index (χ4n) is 1.83. The highest BCUT2D eigenvalue weighted by molar-refractivity contribution is 7.15. The molecule has 3 nitrogen and oxygen atoms in total. The Bertz CT molecular complexity index is 611. The number of carboxylic acid groups (broad SMARTS) is 1. The first-order chi connectivity index (χ1) is 9.47. The highest BCUT2D eigenvalue weighted by Crippen LogP contribution is 2.30. The molecule has 1 unspecified atom stereocenters. The van der Waals surface area contributed by atoms with Crippen molar-refractivity contribution >= 4 is 28.9 Å². The van der Waals surface area contributed by atoms with Crippen LogP contribution >= 0.6 is 22.9 Å². The van der Waals surface area contributed by atoms with E-state index in [1.54, 1.807) is 18.3 Å². The van der Waals surface area contributed by atoms with Gasteiger partial charge in [0.2, 0.25) is 0 Å². The fraction of sp³-hybridized carbons (Fsp3) is 0.267. The van der Waals surface area contributed by atoms with Crippen LogP contribution in [0.4, 0.5) is 0 Å². The van der Waals surface area contributed by atoms with Gasteiger partial charge in [0.25, 0.3) is 0 Å². The number of hydrogen-bond acceptors (Lipinski definition) is 3. The molecule has 106 valence electrons. The lowest BCUT2D eigenvalue weighted by atomic mass is 10.2. The van der Waals surface area contributed by atoms with Crippen LogP contribution < -0.4 is 0 Å². The minimum atomic E-state index is -0.806. The Morgan fingerprint density at radius 2 is 2.15 bits per heavy atom. The SMILES string of the molecule is CC(C(=O)O)N(C)Cc1ccc(-c2cccc(Cl)c2)s1. The summed E-state index contributed by atoms with van der Waals surface area (Å²) in [6.07, 6.45) is 0. The maximum absolute atomic E-state index is 10.9. The molecule has 0 saturated heterocycles.